The summed E-state index contributed by atoms with van der Waals surface area (Å²) in [7, 11) is 2.04. The SMILES string of the molecule is CCCNCc1ccc(N(C)C2CCCCC2O)nc1. The van der Waals surface area contributed by atoms with Crippen molar-refractivity contribution in [1.29, 1.82) is 0 Å². The molecule has 1 aromatic rings. The summed E-state index contributed by atoms with van der Waals surface area (Å²) in [6, 6.07) is 4.39. The smallest absolute Gasteiger partial charge is 0.128 e. The molecule has 1 heterocycles. The van der Waals surface area contributed by atoms with Gasteiger partial charge in [0.1, 0.15) is 5.82 Å². The lowest BCUT2D eigenvalue weighted by atomic mass is 9.91. The van der Waals surface area contributed by atoms with Gasteiger partial charge in [-0.05, 0) is 37.4 Å². The Kier molecular flexibility index (Phi) is 5.80. The quantitative estimate of drug-likeness (QED) is 0.784. The lowest BCUT2D eigenvalue weighted by Gasteiger charge is -2.35. The first kappa shape index (κ1) is 15.3. The van der Waals surface area contributed by atoms with Gasteiger partial charge in [0.05, 0.1) is 12.1 Å². The van der Waals surface area contributed by atoms with Gasteiger partial charge < -0.3 is 15.3 Å². The summed E-state index contributed by atoms with van der Waals surface area (Å²) >= 11 is 0. The van der Waals surface area contributed by atoms with Crippen LogP contribution in [0.5, 0.6) is 0 Å². The number of anilines is 1. The van der Waals surface area contributed by atoms with Crippen LogP contribution in [0.3, 0.4) is 0 Å². The van der Waals surface area contributed by atoms with E-state index in [0.717, 1.165) is 44.6 Å². The molecule has 1 aliphatic rings. The maximum Gasteiger partial charge on any atom is 0.128 e. The Hall–Kier alpha value is -1.13. The molecule has 1 aromatic heterocycles. The summed E-state index contributed by atoms with van der Waals surface area (Å²) in [6.07, 6.45) is 7.16. The van der Waals surface area contributed by atoms with Crippen LogP contribution in [0.4, 0.5) is 5.82 Å². The highest BCUT2D eigenvalue weighted by Crippen LogP contribution is 2.25. The predicted molar refractivity (Wildman–Crippen MR) is 82.9 cm³/mol. The summed E-state index contributed by atoms with van der Waals surface area (Å²) in [4.78, 5) is 6.67. The zero-order chi connectivity index (χ0) is 14.4. The van der Waals surface area contributed by atoms with Crippen molar-refractivity contribution < 1.29 is 5.11 Å². The van der Waals surface area contributed by atoms with Gasteiger partial charge in [-0.3, -0.25) is 0 Å². The van der Waals surface area contributed by atoms with E-state index in [1.165, 1.54) is 12.0 Å². The van der Waals surface area contributed by atoms with Crippen LogP contribution in [0, 0.1) is 0 Å². The first-order chi connectivity index (χ1) is 9.72. The Balaban J connectivity index is 1.94. The Bertz CT molecular complexity index is 393. The van der Waals surface area contributed by atoms with Crippen molar-refractivity contribution in [2.75, 3.05) is 18.5 Å². The average molecular weight is 277 g/mol. The molecule has 0 saturated heterocycles. The van der Waals surface area contributed by atoms with Crippen LogP contribution in [-0.2, 0) is 6.54 Å². The van der Waals surface area contributed by atoms with E-state index in [1.54, 1.807) is 0 Å². The molecule has 2 rings (SSSR count). The van der Waals surface area contributed by atoms with E-state index < -0.39 is 0 Å². The van der Waals surface area contributed by atoms with Crippen molar-refractivity contribution >= 4 is 5.82 Å². The number of hydrogen-bond acceptors (Lipinski definition) is 4. The summed E-state index contributed by atoms with van der Waals surface area (Å²) in [5, 5.41) is 13.5. The lowest BCUT2D eigenvalue weighted by Crippen LogP contribution is -2.43. The van der Waals surface area contributed by atoms with Crippen molar-refractivity contribution in [3.63, 3.8) is 0 Å². The third kappa shape index (κ3) is 3.93. The number of rotatable bonds is 6. The molecule has 1 aliphatic carbocycles. The normalized spacial score (nSPS) is 22.8. The van der Waals surface area contributed by atoms with Crippen molar-refractivity contribution in [3.8, 4) is 0 Å². The van der Waals surface area contributed by atoms with Crippen molar-refractivity contribution in [1.82, 2.24) is 10.3 Å². The van der Waals surface area contributed by atoms with E-state index in [1.807, 2.05) is 13.2 Å². The second-order valence-electron chi connectivity index (χ2n) is 5.73. The molecule has 0 radical (unpaired) electrons. The molecule has 0 aliphatic heterocycles. The molecule has 0 bridgehead atoms. The molecule has 112 valence electrons. The molecule has 1 saturated carbocycles. The Labute approximate surface area is 122 Å². The number of aliphatic hydroxyl groups excluding tert-OH is 1. The van der Waals surface area contributed by atoms with Crippen LogP contribution >= 0.6 is 0 Å². The van der Waals surface area contributed by atoms with Crippen molar-refractivity contribution in [2.24, 2.45) is 0 Å². The van der Waals surface area contributed by atoms with Gasteiger partial charge in [0, 0.05) is 19.8 Å². The molecule has 2 unspecified atom stereocenters. The number of aromatic nitrogens is 1. The minimum Gasteiger partial charge on any atom is -0.391 e. The molecule has 4 nitrogen and oxygen atoms in total. The van der Waals surface area contributed by atoms with Gasteiger partial charge in [-0.25, -0.2) is 4.98 Å². The number of aliphatic hydroxyl groups is 1. The Morgan fingerprint density at radius 1 is 1.35 bits per heavy atom. The van der Waals surface area contributed by atoms with E-state index in [9.17, 15) is 5.11 Å². The van der Waals surface area contributed by atoms with E-state index in [-0.39, 0.29) is 12.1 Å². The van der Waals surface area contributed by atoms with Crippen LogP contribution in [0.1, 0.15) is 44.6 Å². The van der Waals surface area contributed by atoms with Crippen molar-refractivity contribution in [3.05, 3.63) is 23.9 Å². The topological polar surface area (TPSA) is 48.4 Å². The first-order valence-corrected chi connectivity index (χ1v) is 7.79. The molecule has 4 heteroatoms. The molecule has 2 N–H and O–H groups in total. The third-order valence-electron chi connectivity index (χ3n) is 4.12. The number of pyridine rings is 1. The predicted octanol–water partition coefficient (Wildman–Crippen LogP) is 2.32. The van der Waals surface area contributed by atoms with Gasteiger partial charge in [0.25, 0.3) is 0 Å². The Morgan fingerprint density at radius 3 is 2.80 bits per heavy atom. The van der Waals surface area contributed by atoms with E-state index in [0.29, 0.717) is 0 Å². The lowest BCUT2D eigenvalue weighted by molar-refractivity contribution is 0.106. The van der Waals surface area contributed by atoms with E-state index in [4.69, 9.17) is 0 Å². The van der Waals surface area contributed by atoms with Crippen LogP contribution in [0.15, 0.2) is 18.3 Å². The molecular weight excluding hydrogens is 250 g/mol. The van der Waals surface area contributed by atoms with Gasteiger partial charge in [-0.15, -0.1) is 0 Å². The minimum absolute atomic E-state index is 0.209. The fourth-order valence-corrected chi connectivity index (χ4v) is 2.85. The fourth-order valence-electron chi connectivity index (χ4n) is 2.85. The summed E-state index contributed by atoms with van der Waals surface area (Å²) in [5.74, 6) is 0.954. The zero-order valence-corrected chi connectivity index (χ0v) is 12.7. The largest absolute Gasteiger partial charge is 0.391 e. The van der Waals surface area contributed by atoms with E-state index in [2.05, 4.69) is 34.3 Å². The first-order valence-electron chi connectivity index (χ1n) is 7.79. The third-order valence-corrected chi connectivity index (χ3v) is 4.12. The second kappa shape index (κ2) is 7.60. The minimum atomic E-state index is -0.221. The van der Waals surface area contributed by atoms with E-state index >= 15 is 0 Å². The van der Waals surface area contributed by atoms with Crippen LogP contribution < -0.4 is 10.2 Å². The zero-order valence-electron chi connectivity index (χ0n) is 12.7. The van der Waals surface area contributed by atoms with Crippen LogP contribution in [0.25, 0.3) is 0 Å². The van der Waals surface area contributed by atoms with Crippen molar-refractivity contribution in [2.45, 2.75) is 57.7 Å². The van der Waals surface area contributed by atoms with Crippen LogP contribution in [0.2, 0.25) is 0 Å². The Morgan fingerprint density at radius 2 is 2.15 bits per heavy atom. The van der Waals surface area contributed by atoms with Gasteiger partial charge in [-0.1, -0.05) is 25.8 Å². The number of hydrogen-bond donors (Lipinski definition) is 2. The molecule has 1 fully saturated rings. The highest BCUT2D eigenvalue weighted by Gasteiger charge is 2.27. The summed E-state index contributed by atoms with van der Waals surface area (Å²) in [6.45, 7) is 4.07. The van der Waals surface area contributed by atoms with Gasteiger partial charge in [-0.2, -0.15) is 0 Å². The summed E-state index contributed by atoms with van der Waals surface area (Å²) in [5.41, 5.74) is 1.21. The molecular formula is C16H27N3O. The van der Waals surface area contributed by atoms with Crippen LogP contribution in [-0.4, -0.2) is 35.8 Å². The molecule has 20 heavy (non-hydrogen) atoms. The van der Waals surface area contributed by atoms with Gasteiger partial charge in [0.2, 0.25) is 0 Å². The molecule has 0 aromatic carbocycles. The molecule has 0 amide bonds. The standard InChI is InChI=1S/C16H27N3O/c1-3-10-17-11-13-8-9-16(18-12-13)19(2)14-6-4-5-7-15(14)20/h8-9,12,14-15,17,20H,3-7,10-11H2,1-2H3. The number of likely N-dealkylation sites (N-methyl/N-ethyl adjacent to an activating group) is 1. The second-order valence-corrected chi connectivity index (χ2v) is 5.73. The van der Waals surface area contributed by atoms with Gasteiger partial charge in [0.15, 0.2) is 0 Å². The maximum atomic E-state index is 10.1. The number of nitrogens with zero attached hydrogens (tertiary/aromatic N) is 2. The van der Waals surface area contributed by atoms with Gasteiger partial charge >= 0.3 is 0 Å². The maximum absolute atomic E-state index is 10.1. The molecule has 0 spiro atoms. The monoisotopic (exact) mass is 277 g/mol. The number of nitrogens with one attached hydrogen (secondary N) is 1. The fraction of sp³-hybridized carbons (Fsp3) is 0.688. The summed E-state index contributed by atoms with van der Waals surface area (Å²) < 4.78 is 0. The highest BCUT2D eigenvalue weighted by atomic mass is 16.3. The highest BCUT2D eigenvalue weighted by molar-refractivity contribution is 5.40. The molecule has 2 atom stereocenters. The average Bonchev–Trinajstić information content (AvgIpc) is 2.48.